The number of phenolic OH excluding ortho intramolecular Hbond substituents is 3. The van der Waals surface area contributed by atoms with Crippen LogP contribution in [0.4, 0.5) is 0 Å². The third-order valence-corrected chi connectivity index (χ3v) is 3.80. The molecular weight excluding hydrogens is 320 g/mol. The Labute approximate surface area is 144 Å². The Morgan fingerprint density at radius 3 is 2.56 bits per heavy atom. The van der Waals surface area contributed by atoms with Crippen LogP contribution in [-0.4, -0.2) is 32.8 Å². The zero-order valence-corrected chi connectivity index (χ0v) is 13.4. The van der Waals surface area contributed by atoms with Crippen LogP contribution in [0.25, 0.3) is 17.0 Å². The topological polar surface area (TPSA) is 106 Å². The van der Waals surface area contributed by atoms with Crippen molar-refractivity contribution in [1.29, 1.82) is 0 Å². The standard InChI is InChI=1S/C19H18N2O4/c22-14-2-3-18-17(10-14)13(11-21-18)5-6-20-19(25)4-1-12-7-15(23)9-16(24)8-12/h1-4,7-11,21-24H,5-6H2,(H,20,25)/b4-1+. The van der Waals surface area contributed by atoms with E-state index < -0.39 is 0 Å². The molecule has 0 radical (unpaired) electrons. The van der Waals surface area contributed by atoms with Gasteiger partial charge in [0.25, 0.3) is 0 Å². The molecule has 0 unspecified atom stereocenters. The average Bonchev–Trinajstić information content (AvgIpc) is 2.94. The molecule has 0 fully saturated rings. The summed E-state index contributed by atoms with van der Waals surface area (Å²) in [5.74, 6) is -0.203. The number of hydrogen-bond acceptors (Lipinski definition) is 4. The molecule has 0 aliphatic rings. The number of hydrogen-bond donors (Lipinski definition) is 5. The molecular formula is C19H18N2O4. The fourth-order valence-electron chi connectivity index (χ4n) is 2.64. The van der Waals surface area contributed by atoms with Crippen LogP contribution in [0.2, 0.25) is 0 Å². The van der Waals surface area contributed by atoms with Gasteiger partial charge < -0.3 is 25.6 Å². The Kier molecular flexibility index (Phi) is 4.61. The number of rotatable bonds is 5. The molecule has 0 bridgehead atoms. The van der Waals surface area contributed by atoms with Gasteiger partial charge in [0.15, 0.2) is 0 Å². The van der Waals surface area contributed by atoms with Gasteiger partial charge in [0.2, 0.25) is 5.91 Å². The van der Waals surface area contributed by atoms with E-state index in [1.807, 2.05) is 6.20 Å². The summed E-state index contributed by atoms with van der Waals surface area (Å²) in [5, 5.41) is 32.1. The highest BCUT2D eigenvalue weighted by atomic mass is 16.3. The lowest BCUT2D eigenvalue weighted by molar-refractivity contribution is -0.116. The van der Waals surface area contributed by atoms with Crippen LogP contribution in [0.15, 0.2) is 48.7 Å². The van der Waals surface area contributed by atoms with E-state index in [0.29, 0.717) is 18.5 Å². The summed E-state index contributed by atoms with van der Waals surface area (Å²) in [6.45, 7) is 0.442. The molecule has 0 atom stereocenters. The number of aromatic amines is 1. The minimum Gasteiger partial charge on any atom is -0.508 e. The first-order valence-electron chi connectivity index (χ1n) is 7.79. The van der Waals surface area contributed by atoms with Gasteiger partial charge in [-0.05, 0) is 54.0 Å². The molecule has 0 spiro atoms. The minimum atomic E-state index is -0.273. The molecule has 128 valence electrons. The lowest BCUT2D eigenvalue weighted by Gasteiger charge is -2.02. The van der Waals surface area contributed by atoms with E-state index in [2.05, 4.69) is 10.3 Å². The lowest BCUT2D eigenvalue weighted by Crippen LogP contribution is -2.23. The van der Waals surface area contributed by atoms with Crippen LogP contribution >= 0.6 is 0 Å². The third-order valence-electron chi connectivity index (χ3n) is 3.80. The van der Waals surface area contributed by atoms with Crippen LogP contribution < -0.4 is 5.32 Å². The van der Waals surface area contributed by atoms with Crippen molar-refractivity contribution in [3.05, 3.63) is 59.8 Å². The predicted octanol–water partition coefficient (Wildman–Crippen LogP) is 2.66. The maximum absolute atomic E-state index is 11.9. The summed E-state index contributed by atoms with van der Waals surface area (Å²) in [4.78, 5) is 15.0. The molecule has 0 saturated carbocycles. The maximum Gasteiger partial charge on any atom is 0.244 e. The molecule has 0 aliphatic carbocycles. The van der Waals surface area contributed by atoms with Gasteiger partial charge in [-0.2, -0.15) is 0 Å². The fourth-order valence-corrected chi connectivity index (χ4v) is 2.64. The number of aromatic nitrogens is 1. The normalized spacial score (nSPS) is 11.2. The Bertz CT molecular complexity index is 923. The molecule has 0 aliphatic heterocycles. The summed E-state index contributed by atoms with van der Waals surface area (Å²) >= 11 is 0. The molecule has 25 heavy (non-hydrogen) atoms. The molecule has 6 nitrogen and oxygen atoms in total. The van der Waals surface area contributed by atoms with E-state index >= 15 is 0 Å². The van der Waals surface area contributed by atoms with E-state index in [4.69, 9.17) is 0 Å². The number of fused-ring (bicyclic) bond motifs is 1. The second-order valence-electron chi connectivity index (χ2n) is 5.70. The van der Waals surface area contributed by atoms with Gasteiger partial charge in [0.05, 0.1) is 0 Å². The second kappa shape index (κ2) is 7.00. The van der Waals surface area contributed by atoms with Crippen LogP contribution in [0.3, 0.4) is 0 Å². The Balaban J connectivity index is 1.57. The minimum absolute atomic E-state index is 0.0670. The molecule has 5 N–H and O–H groups in total. The van der Waals surface area contributed by atoms with Crippen molar-refractivity contribution >= 4 is 22.9 Å². The van der Waals surface area contributed by atoms with Crippen LogP contribution in [0.1, 0.15) is 11.1 Å². The summed E-state index contributed by atoms with van der Waals surface area (Å²) in [5.41, 5.74) is 2.47. The number of amides is 1. The first kappa shape index (κ1) is 16.4. The van der Waals surface area contributed by atoms with Crippen molar-refractivity contribution in [1.82, 2.24) is 10.3 Å². The highest BCUT2D eigenvalue weighted by molar-refractivity contribution is 5.92. The number of phenols is 3. The molecule has 1 heterocycles. The molecule has 1 aromatic heterocycles. The van der Waals surface area contributed by atoms with E-state index in [0.717, 1.165) is 16.5 Å². The molecule has 3 rings (SSSR count). The fraction of sp³-hybridized carbons (Fsp3) is 0.105. The first-order valence-corrected chi connectivity index (χ1v) is 7.79. The summed E-state index contributed by atoms with van der Waals surface area (Å²) in [7, 11) is 0. The predicted molar refractivity (Wildman–Crippen MR) is 95.5 cm³/mol. The van der Waals surface area contributed by atoms with Crippen molar-refractivity contribution in [2.24, 2.45) is 0 Å². The van der Waals surface area contributed by atoms with Crippen molar-refractivity contribution in [2.75, 3.05) is 6.54 Å². The highest BCUT2D eigenvalue weighted by Crippen LogP contribution is 2.23. The smallest absolute Gasteiger partial charge is 0.244 e. The van der Waals surface area contributed by atoms with Gasteiger partial charge in [0.1, 0.15) is 17.2 Å². The van der Waals surface area contributed by atoms with Crippen molar-refractivity contribution < 1.29 is 20.1 Å². The average molecular weight is 338 g/mol. The van der Waals surface area contributed by atoms with Gasteiger partial charge in [-0.25, -0.2) is 0 Å². The largest absolute Gasteiger partial charge is 0.508 e. The number of H-pyrrole nitrogens is 1. The molecule has 1 amide bonds. The van der Waals surface area contributed by atoms with E-state index in [1.165, 1.54) is 30.4 Å². The molecule has 6 heteroatoms. The summed E-state index contributed by atoms with van der Waals surface area (Å²) in [6.07, 6.45) is 5.34. The zero-order valence-electron chi connectivity index (χ0n) is 13.4. The van der Waals surface area contributed by atoms with Crippen molar-refractivity contribution in [3.8, 4) is 17.2 Å². The van der Waals surface area contributed by atoms with E-state index in [9.17, 15) is 20.1 Å². The number of aromatic hydroxyl groups is 3. The molecule has 2 aromatic carbocycles. The number of benzene rings is 2. The number of carbonyl (C=O) groups is 1. The summed E-state index contributed by atoms with van der Waals surface area (Å²) < 4.78 is 0. The Hall–Kier alpha value is -3.41. The van der Waals surface area contributed by atoms with E-state index in [-0.39, 0.29) is 23.2 Å². The number of nitrogens with one attached hydrogen (secondary N) is 2. The van der Waals surface area contributed by atoms with Crippen molar-refractivity contribution in [2.45, 2.75) is 6.42 Å². The Morgan fingerprint density at radius 1 is 1.04 bits per heavy atom. The molecule has 0 saturated heterocycles. The maximum atomic E-state index is 11.9. The van der Waals surface area contributed by atoms with Gasteiger partial charge in [-0.1, -0.05) is 0 Å². The SMILES string of the molecule is O=C(/C=C/c1cc(O)cc(O)c1)NCCc1c[nH]c2ccc(O)cc12. The van der Waals surface area contributed by atoms with Gasteiger partial charge in [-0.3, -0.25) is 4.79 Å². The first-order chi connectivity index (χ1) is 12.0. The monoisotopic (exact) mass is 338 g/mol. The summed E-state index contributed by atoms with van der Waals surface area (Å²) in [6, 6.07) is 9.23. The van der Waals surface area contributed by atoms with Gasteiger partial charge in [-0.15, -0.1) is 0 Å². The zero-order chi connectivity index (χ0) is 17.8. The van der Waals surface area contributed by atoms with Crippen LogP contribution in [0, 0.1) is 0 Å². The molecule has 3 aromatic rings. The third kappa shape index (κ3) is 4.11. The van der Waals surface area contributed by atoms with Crippen LogP contribution in [0.5, 0.6) is 17.2 Å². The Morgan fingerprint density at radius 2 is 1.80 bits per heavy atom. The highest BCUT2D eigenvalue weighted by Gasteiger charge is 2.05. The lowest BCUT2D eigenvalue weighted by atomic mass is 10.1. The van der Waals surface area contributed by atoms with Crippen LogP contribution in [-0.2, 0) is 11.2 Å². The van der Waals surface area contributed by atoms with Gasteiger partial charge in [0, 0.05) is 35.8 Å². The van der Waals surface area contributed by atoms with E-state index in [1.54, 1.807) is 18.2 Å². The number of carbonyl (C=O) groups excluding carboxylic acids is 1. The second-order valence-corrected chi connectivity index (χ2v) is 5.70. The van der Waals surface area contributed by atoms with Crippen molar-refractivity contribution in [3.63, 3.8) is 0 Å². The quantitative estimate of drug-likeness (QED) is 0.461. The van der Waals surface area contributed by atoms with Gasteiger partial charge >= 0.3 is 0 Å².